The number of carbonyl (C=O) groups is 1. The first kappa shape index (κ1) is 20.4. The zero-order valence-corrected chi connectivity index (χ0v) is 17.8. The monoisotopic (exact) mass is 431 g/mol. The SMILES string of the molecule is CC1(C)Oc2cc([N+](=O)[O-])c([NH2+]C(=O)Cc3ccc(-c4ccccc4)cc3)cc2C2OC21. The number of primary amides is 1. The summed E-state index contributed by atoms with van der Waals surface area (Å²) in [6.07, 6.45) is -0.0689. The highest BCUT2D eigenvalue weighted by Gasteiger charge is 2.57. The van der Waals surface area contributed by atoms with E-state index in [2.05, 4.69) is 0 Å². The molecule has 3 aromatic carbocycles. The van der Waals surface area contributed by atoms with Crippen molar-refractivity contribution in [1.82, 2.24) is 0 Å². The van der Waals surface area contributed by atoms with Gasteiger partial charge < -0.3 is 9.47 Å². The maximum atomic E-state index is 12.7. The Morgan fingerprint density at radius 2 is 1.75 bits per heavy atom. The normalized spacial score (nSPS) is 19.9. The van der Waals surface area contributed by atoms with E-state index < -0.39 is 10.5 Å². The number of ether oxygens (including phenoxy) is 2. The molecule has 0 spiro atoms. The Hall–Kier alpha value is -3.55. The molecule has 5 rings (SSSR count). The van der Waals surface area contributed by atoms with Crippen molar-refractivity contribution in [3.63, 3.8) is 0 Å². The minimum atomic E-state index is -0.543. The fourth-order valence-electron chi connectivity index (χ4n) is 4.28. The third-order valence-corrected chi connectivity index (χ3v) is 5.97. The lowest BCUT2D eigenvalue weighted by molar-refractivity contribution is -0.494. The van der Waals surface area contributed by atoms with Crippen LogP contribution in [0.25, 0.3) is 11.1 Å². The van der Waals surface area contributed by atoms with Gasteiger partial charge in [0.15, 0.2) is 0 Å². The molecular formula is C25H23N2O5+. The van der Waals surface area contributed by atoms with Gasteiger partial charge in [-0.05, 0) is 30.5 Å². The number of benzene rings is 3. The zero-order valence-electron chi connectivity index (χ0n) is 17.8. The van der Waals surface area contributed by atoms with E-state index in [4.69, 9.17) is 9.47 Å². The number of amides is 1. The summed E-state index contributed by atoms with van der Waals surface area (Å²) in [5, 5.41) is 13.0. The van der Waals surface area contributed by atoms with Crippen molar-refractivity contribution in [2.24, 2.45) is 0 Å². The number of hydrogen-bond donors (Lipinski definition) is 1. The highest BCUT2D eigenvalue weighted by molar-refractivity contribution is 5.74. The molecular weight excluding hydrogens is 408 g/mol. The Morgan fingerprint density at radius 3 is 2.44 bits per heavy atom. The summed E-state index contributed by atoms with van der Waals surface area (Å²) < 4.78 is 11.7. The maximum absolute atomic E-state index is 12.7. The average Bonchev–Trinajstić information content (AvgIpc) is 3.57. The van der Waals surface area contributed by atoms with Crippen LogP contribution in [0.5, 0.6) is 5.75 Å². The molecule has 2 atom stereocenters. The molecule has 0 aliphatic carbocycles. The van der Waals surface area contributed by atoms with E-state index in [1.165, 1.54) is 11.4 Å². The van der Waals surface area contributed by atoms with Crippen molar-refractivity contribution in [3.8, 4) is 16.9 Å². The molecule has 1 amide bonds. The van der Waals surface area contributed by atoms with E-state index >= 15 is 0 Å². The summed E-state index contributed by atoms with van der Waals surface area (Å²) in [4.78, 5) is 23.9. The number of nitrogens with zero attached hydrogens (tertiary/aromatic N) is 1. The maximum Gasteiger partial charge on any atom is 0.333 e. The van der Waals surface area contributed by atoms with Crippen LogP contribution in [0.2, 0.25) is 0 Å². The van der Waals surface area contributed by atoms with Crippen LogP contribution in [0, 0.1) is 10.1 Å². The molecule has 0 radical (unpaired) electrons. The van der Waals surface area contributed by atoms with Gasteiger partial charge in [-0.15, -0.1) is 0 Å². The van der Waals surface area contributed by atoms with Gasteiger partial charge in [-0.25, -0.2) is 10.1 Å². The van der Waals surface area contributed by atoms with Crippen molar-refractivity contribution in [1.29, 1.82) is 0 Å². The first-order valence-corrected chi connectivity index (χ1v) is 10.5. The lowest BCUT2D eigenvalue weighted by Crippen LogP contribution is -2.83. The summed E-state index contributed by atoms with van der Waals surface area (Å²) >= 11 is 0. The van der Waals surface area contributed by atoms with E-state index in [9.17, 15) is 14.9 Å². The second-order valence-corrected chi connectivity index (χ2v) is 8.74. The number of rotatable bonds is 5. The second kappa shape index (κ2) is 7.55. The van der Waals surface area contributed by atoms with E-state index in [1.807, 2.05) is 68.4 Å². The first-order chi connectivity index (χ1) is 15.3. The molecule has 2 unspecified atom stereocenters. The molecule has 0 bridgehead atoms. The highest BCUT2D eigenvalue weighted by atomic mass is 16.6. The quantitative estimate of drug-likeness (QED) is 0.286. The lowest BCUT2D eigenvalue weighted by Gasteiger charge is -2.29. The number of carbonyl (C=O) groups excluding carboxylic acids is 1. The van der Waals surface area contributed by atoms with Gasteiger partial charge in [-0.3, -0.25) is 10.1 Å². The largest absolute Gasteiger partial charge is 0.484 e. The molecule has 1 saturated heterocycles. The topological polar surface area (TPSA) is 98.6 Å². The number of nitrogens with two attached hydrogens (primary N) is 1. The van der Waals surface area contributed by atoms with Gasteiger partial charge >= 0.3 is 11.6 Å². The Morgan fingerprint density at radius 1 is 1.06 bits per heavy atom. The van der Waals surface area contributed by atoms with E-state index in [0.29, 0.717) is 5.75 Å². The Kier molecular flexibility index (Phi) is 4.80. The number of quaternary nitrogens is 1. The molecule has 0 aromatic heterocycles. The Labute approximate surface area is 185 Å². The molecule has 2 N–H and O–H groups in total. The summed E-state index contributed by atoms with van der Waals surface area (Å²) in [7, 11) is 0. The first-order valence-electron chi connectivity index (χ1n) is 10.5. The van der Waals surface area contributed by atoms with Crippen LogP contribution < -0.4 is 10.1 Å². The minimum Gasteiger partial charge on any atom is -0.484 e. The van der Waals surface area contributed by atoms with E-state index in [0.717, 1.165) is 22.3 Å². The van der Waals surface area contributed by atoms with Crippen molar-refractivity contribution in [2.45, 2.75) is 38.1 Å². The fourth-order valence-corrected chi connectivity index (χ4v) is 4.28. The molecule has 3 aromatic rings. The van der Waals surface area contributed by atoms with Gasteiger partial charge in [-0.2, -0.15) is 0 Å². The third-order valence-electron chi connectivity index (χ3n) is 5.97. The van der Waals surface area contributed by atoms with Crippen molar-refractivity contribution < 1.29 is 24.5 Å². The van der Waals surface area contributed by atoms with Crippen LogP contribution in [0.15, 0.2) is 66.7 Å². The standard InChI is InChI=1S/C25H22N2O5/c1-25(2)24-23(31-24)18-13-19(20(27(29)30)14-21(18)32-25)26-22(28)12-15-8-10-17(11-9-15)16-6-4-3-5-7-16/h3-11,13-14,23-24H,12H2,1-2H3,(H,26,28)/p+1. The molecule has 2 aliphatic rings. The Balaban J connectivity index is 1.34. The number of fused-ring (bicyclic) bond motifs is 3. The molecule has 2 aliphatic heterocycles. The molecule has 32 heavy (non-hydrogen) atoms. The highest BCUT2D eigenvalue weighted by Crippen LogP contribution is 2.55. The summed E-state index contributed by atoms with van der Waals surface area (Å²) in [6.45, 7) is 3.80. The van der Waals surface area contributed by atoms with Crippen LogP contribution in [-0.4, -0.2) is 22.5 Å². The van der Waals surface area contributed by atoms with Gasteiger partial charge in [0.25, 0.3) is 0 Å². The molecule has 2 heterocycles. The summed E-state index contributed by atoms with van der Waals surface area (Å²) in [5.74, 6) is 0.243. The van der Waals surface area contributed by atoms with Crippen LogP contribution in [0.3, 0.4) is 0 Å². The smallest absolute Gasteiger partial charge is 0.333 e. The molecule has 162 valence electrons. The van der Waals surface area contributed by atoms with Crippen LogP contribution >= 0.6 is 0 Å². The molecule has 7 heteroatoms. The predicted octanol–water partition coefficient (Wildman–Crippen LogP) is 3.84. The van der Waals surface area contributed by atoms with Gasteiger partial charge in [-0.1, -0.05) is 54.6 Å². The van der Waals surface area contributed by atoms with Crippen LogP contribution in [-0.2, 0) is 16.0 Å². The predicted molar refractivity (Wildman–Crippen MR) is 118 cm³/mol. The summed E-state index contributed by atoms with van der Waals surface area (Å²) in [6, 6.07) is 20.8. The van der Waals surface area contributed by atoms with Crippen LogP contribution in [0.1, 0.15) is 31.1 Å². The van der Waals surface area contributed by atoms with Crippen LogP contribution in [0.4, 0.5) is 11.4 Å². The number of hydrogen-bond acceptors (Lipinski definition) is 5. The van der Waals surface area contributed by atoms with Gasteiger partial charge in [0.1, 0.15) is 23.6 Å². The molecule has 7 nitrogen and oxygen atoms in total. The average molecular weight is 431 g/mol. The number of epoxide rings is 1. The number of nitro benzene ring substituents is 1. The third kappa shape index (κ3) is 3.77. The van der Waals surface area contributed by atoms with Crippen molar-refractivity contribution in [3.05, 3.63) is 88.0 Å². The molecule has 0 saturated carbocycles. The van der Waals surface area contributed by atoms with Gasteiger partial charge in [0.05, 0.1) is 17.4 Å². The fraction of sp³-hybridized carbons (Fsp3) is 0.240. The minimum absolute atomic E-state index is 0.0804. The number of nitro groups is 1. The van der Waals surface area contributed by atoms with E-state index in [1.54, 1.807) is 6.07 Å². The summed E-state index contributed by atoms with van der Waals surface area (Å²) in [5.41, 5.74) is 3.36. The zero-order chi connectivity index (χ0) is 22.5. The Bertz CT molecular complexity index is 1210. The van der Waals surface area contributed by atoms with Crippen molar-refractivity contribution >= 4 is 17.3 Å². The lowest BCUT2D eigenvalue weighted by atomic mass is 9.93. The second-order valence-electron chi connectivity index (χ2n) is 8.74. The van der Waals surface area contributed by atoms with Gasteiger partial charge in [0.2, 0.25) is 5.69 Å². The van der Waals surface area contributed by atoms with Crippen molar-refractivity contribution in [2.75, 3.05) is 0 Å². The molecule has 1 fully saturated rings. The van der Waals surface area contributed by atoms with E-state index in [-0.39, 0.29) is 35.9 Å². The van der Waals surface area contributed by atoms with Gasteiger partial charge in [0, 0.05) is 11.6 Å².